The number of benzene rings is 1. The molecule has 1 aromatic rings. The highest BCUT2D eigenvalue weighted by Crippen LogP contribution is 2.24. The van der Waals surface area contributed by atoms with E-state index in [2.05, 4.69) is 5.32 Å². The lowest BCUT2D eigenvalue weighted by Crippen LogP contribution is -2.27. The highest BCUT2D eigenvalue weighted by atomic mass is 35.5. The number of nitrogens with one attached hydrogen (secondary N) is 1. The highest BCUT2D eigenvalue weighted by molar-refractivity contribution is 6.33. The number of halogens is 1. The maximum Gasteiger partial charge on any atom is 0.412 e. The van der Waals surface area contributed by atoms with E-state index in [1.807, 2.05) is 0 Å². The van der Waals surface area contributed by atoms with Crippen molar-refractivity contribution in [2.45, 2.75) is 38.9 Å². The molecule has 0 bridgehead atoms. The van der Waals surface area contributed by atoms with Crippen LogP contribution in [0.15, 0.2) is 18.2 Å². The van der Waals surface area contributed by atoms with Gasteiger partial charge >= 0.3 is 6.09 Å². The van der Waals surface area contributed by atoms with E-state index in [1.165, 1.54) is 0 Å². The van der Waals surface area contributed by atoms with Crippen LogP contribution in [0.3, 0.4) is 0 Å². The molecule has 0 saturated heterocycles. The zero-order valence-electron chi connectivity index (χ0n) is 11.9. The second-order valence-electron chi connectivity index (χ2n) is 5.53. The first-order valence-electron chi connectivity index (χ1n) is 6.38. The third kappa shape index (κ3) is 5.77. The third-order valence-electron chi connectivity index (χ3n) is 2.41. The van der Waals surface area contributed by atoms with Crippen LogP contribution in [0, 0.1) is 0 Å². The van der Waals surface area contributed by atoms with Gasteiger partial charge in [-0.2, -0.15) is 0 Å². The smallest absolute Gasteiger partial charge is 0.412 e. The van der Waals surface area contributed by atoms with Crippen LogP contribution in [-0.4, -0.2) is 29.4 Å². The molecule has 1 rings (SSSR count). The van der Waals surface area contributed by atoms with Crippen molar-refractivity contribution in [1.29, 1.82) is 0 Å². The molecule has 4 N–H and O–H groups in total. The number of ether oxygens (including phenoxy) is 1. The van der Waals surface area contributed by atoms with Crippen molar-refractivity contribution in [3.63, 3.8) is 0 Å². The van der Waals surface area contributed by atoms with Gasteiger partial charge in [-0.1, -0.05) is 17.7 Å². The standard InChI is InChI=1S/C14H21ClN2O3/c1-14(2,3)20-13(19)17-12-7-9(4-5-11(12)15)6-10(18)8-16/h4-5,7,10,18H,6,8,16H2,1-3H3,(H,17,19). The normalized spacial score (nSPS) is 12.9. The van der Waals surface area contributed by atoms with Gasteiger partial charge in [-0.15, -0.1) is 0 Å². The Bertz CT molecular complexity index is 472. The number of aliphatic hydroxyl groups excluding tert-OH is 1. The summed E-state index contributed by atoms with van der Waals surface area (Å²) in [5, 5.41) is 12.5. The molecule has 1 amide bonds. The van der Waals surface area contributed by atoms with Gasteiger partial charge in [0, 0.05) is 6.54 Å². The average molecular weight is 301 g/mol. The van der Waals surface area contributed by atoms with Gasteiger partial charge in [-0.25, -0.2) is 4.79 Å². The summed E-state index contributed by atoms with van der Waals surface area (Å²) >= 11 is 6.02. The molecule has 0 aliphatic heterocycles. The van der Waals surface area contributed by atoms with Crippen LogP contribution in [0.2, 0.25) is 5.02 Å². The maximum atomic E-state index is 11.7. The van der Waals surface area contributed by atoms with Gasteiger partial charge in [-0.05, 0) is 44.9 Å². The zero-order valence-corrected chi connectivity index (χ0v) is 12.7. The summed E-state index contributed by atoms with van der Waals surface area (Å²) in [7, 11) is 0. The number of carbonyl (C=O) groups excluding carboxylic acids is 1. The Labute approximate surface area is 124 Å². The first kappa shape index (κ1) is 16.8. The minimum absolute atomic E-state index is 0.178. The first-order valence-corrected chi connectivity index (χ1v) is 6.75. The first-order chi connectivity index (χ1) is 9.21. The molecule has 20 heavy (non-hydrogen) atoms. The SMILES string of the molecule is CC(C)(C)OC(=O)Nc1cc(CC(O)CN)ccc1Cl. The van der Waals surface area contributed by atoms with Gasteiger partial charge < -0.3 is 15.6 Å². The second kappa shape index (κ2) is 6.92. The third-order valence-corrected chi connectivity index (χ3v) is 2.74. The van der Waals surface area contributed by atoms with E-state index >= 15 is 0 Å². The van der Waals surface area contributed by atoms with Gasteiger partial charge in [0.15, 0.2) is 0 Å². The van der Waals surface area contributed by atoms with Crippen molar-refractivity contribution in [3.8, 4) is 0 Å². The molecule has 6 heteroatoms. The monoisotopic (exact) mass is 300 g/mol. The van der Waals surface area contributed by atoms with Gasteiger partial charge in [-0.3, -0.25) is 5.32 Å². The lowest BCUT2D eigenvalue weighted by atomic mass is 10.1. The number of amides is 1. The molecule has 112 valence electrons. The summed E-state index contributed by atoms with van der Waals surface area (Å²) < 4.78 is 5.16. The Morgan fingerprint density at radius 1 is 1.50 bits per heavy atom. The van der Waals surface area contributed by atoms with E-state index < -0.39 is 17.8 Å². The van der Waals surface area contributed by atoms with E-state index in [-0.39, 0.29) is 6.54 Å². The van der Waals surface area contributed by atoms with Crippen LogP contribution in [0.25, 0.3) is 0 Å². The molecule has 0 fully saturated rings. The molecule has 5 nitrogen and oxygen atoms in total. The van der Waals surface area contributed by atoms with Crippen molar-refractivity contribution < 1.29 is 14.6 Å². The minimum Gasteiger partial charge on any atom is -0.444 e. The summed E-state index contributed by atoms with van der Waals surface area (Å²) in [6, 6.07) is 5.14. The summed E-state index contributed by atoms with van der Waals surface area (Å²) in [6.07, 6.45) is -0.794. The van der Waals surface area contributed by atoms with E-state index in [0.717, 1.165) is 5.56 Å². The fourth-order valence-electron chi connectivity index (χ4n) is 1.56. The Hall–Kier alpha value is -1.30. The summed E-state index contributed by atoms with van der Waals surface area (Å²) in [5.41, 5.74) is 6.07. The van der Waals surface area contributed by atoms with Gasteiger partial charge in [0.25, 0.3) is 0 Å². The number of aliphatic hydroxyl groups is 1. The number of carbonyl (C=O) groups is 1. The maximum absolute atomic E-state index is 11.7. The molecule has 1 unspecified atom stereocenters. The lowest BCUT2D eigenvalue weighted by molar-refractivity contribution is 0.0636. The molecule has 1 aromatic carbocycles. The quantitative estimate of drug-likeness (QED) is 0.798. The van der Waals surface area contributed by atoms with Crippen molar-refractivity contribution >= 4 is 23.4 Å². The average Bonchev–Trinajstić information content (AvgIpc) is 2.30. The van der Waals surface area contributed by atoms with Crippen LogP contribution >= 0.6 is 11.6 Å². The Kier molecular flexibility index (Phi) is 5.80. The largest absolute Gasteiger partial charge is 0.444 e. The molecule has 0 aliphatic carbocycles. The molecule has 1 atom stereocenters. The highest BCUT2D eigenvalue weighted by Gasteiger charge is 2.17. The molecular formula is C14H21ClN2O3. The summed E-state index contributed by atoms with van der Waals surface area (Å²) in [4.78, 5) is 11.7. The van der Waals surface area contributed by atoms with Crippen molar-refractivity contribution in [2.24, 2.45) is 5.73 Å². The van der Waals surface area contributed by atoms with Crippen LogP contribution < -0.4 is 11.1 Å². The number of hydrogen-bond donors (Lipinski definition) is 3. The zero-order chi connectivity index (χ0) is 15.3. The molecule has 0 heterocycles. The Morgan fingerprint density at radius 2 is 2.15 bits per heavy atom. The lowest BCUT2D eigenvalue weighted by Gasteiger charge is -2.20. The molecule has 0 aromatic heterocycles. The van der Waals surface area contributed by atoms with E-state index in [1.54, 1.807) is 39.0 Å². The number of rotatable bonds is 4. The second-order valence-corrected chi connectivity index (χ2v) is 5.94. The predicted octanol–water partition coefficient (Wildman–Crippen LogP) is 2.55. The fourth-order valence-corrected chi connectivity index (χ4v) is 1.73. The summed E-state index contributed by atoms with van der Waals surface area (Å²) in [6.45, 7) is 5.52. The van der Waals surface area contributed by atoms with Gasteiger partial charge in [0.05, 0.1) is 16.8 Å². The number of hydrogen-bond acceptors (Lipinski definition) is 4. The minimum atomic E-state index is -0.620. The van der Waals surface area contributed by atoms with E-state index in [4.69, 9.17) is 22.1 Å². The van der Waals surface area contributed by atoms with Gasteiger partial charge in [0.1, 0.15) is 5.60 Å². The Morgan fingerprint density at radius 3 is 2.70 bits per heavy atom. The van der Waals surface area contributed by atoms with Crippen molar-refractivity contribution in [2.75, 3.05) is 11.9 Å². The predicted molar refractivity (Wildman–Crippen MR) is 80.1 cm³/mol. The van der Waals surface area contributed by atoms with Crippen LogP contribution in [0.4, 0.5) is 10.5 Å². The van der Waals surface area contributed by atoms with Crippen molar-refractivity contribution in [3.05, 3.63) is 28.8 Å². The molecular weight excluding hydrogens is 280 g/mol. The summed E-state index contributed by atoms with van der Waals surface area (Å²) in [5.74, 6) is 0. The van der Waals surface area contributed by atoms with E-state index in [0.29, 0.717) is 17.1 Å². The van der Waals surface area contributed by atoms with Gasteiger partial charge in [0.2, 0.25) is 0 Å². The number of nitrogens with two attached hydrogens (primary N) is 1. The van der Waals surface area contributed by atoms with Crippen molar-refractivity contribution in [1.82, 2.24) is 0 Å². The Balaban J connectivity index is 2.79. The van der Waals surface area contributed by atoms with Crippen LogP contribution in [0.1, 0.15) is 26.3 Å². The number of anilines is 1. The molecule has 0 spiro atoms. The molecule has 0 saturated carbocycles. The van der Waals surface area contributed by atoms with E-state index in [9.17, 15) is 9.90 Å². The topological polar surface area (TPSA) is 84.6 Å². The fraction of sp³-hybridized carbons (Fsp3) is 0.500. The van der Waals surface area contributed by atoms with Crippen LogP contribution in [-0.2, 0) is 11.2 Å². The van der Waals surface area contributed by atoms with Crippen LogP contribution in [0.5, 0.6) is 0 Å². The molecule has 0 radical (unpaired) electrons. The molecule has 0 aliphatic rings.